The lowest BCUT2D eigenvalue weighted by Gasteiger charge is -2.03. The summed E-state index contributed by atoms with van der Waals surface area (Å²) in [5.74, 6) is 0.461. The Morgan fingerprint density at radius 1 is 1.59 bits per heavy atom. The topological polar surface area (TPSA) is 61.2 Å². The van der Waals surface area contributed by atoms with Gasteiger partial charge in [-0.1, -0.05) is 0 Å². The van der Waals surface area contributed by atoms with Gasteiger partial charge in [0, 0.05) is 31.1 Å². The zero-order chi connectivity index (χ0) is 12.7. The van der Waals surface area contributed by atoms with E-state index in [1.165, 1.54) is 18.9 Å². The Balaban J connectivity index is 2.47. The second-order valence-electron chi connectivity index (χ2n) is 3.35. The van der Waals surface area contributed by atoms with E-state index in [2.05, 4.69) is 9.72 Å². The zero-order valence-electron chi connectivity index (χ0n) is 10.0. The van der Waals surface area contributed by atoms with Crippen LogP contribution in [0.25, 0.3) is 0 Å². The molecule has 6 heteroatoms. The molecule has 1 aromatic rings. The molecule has 0 N–H and O–H groups in total. The van der Waals surface area contributed by atoms with Gasteiger partial charge in [0.05, 0.1) is 7.11 Å². The number of aryl methyl sites for hydroxylation is 1. The molecule has 5 nitrogen and oxygen atoms in total. The highest BCUT2D eigenvalue weighted by atomic mass is 32.2. The van der Waals surface area contributed by atoms with Crippen molar-refractivity contribution in [2.24, 2.45) is 0 Å². The monoisotopic (exact) mass is 256 g/mol. The number of carbonyl (C=O) groups excluding carboxylic acids is 1. The molecule has 0 aliphatic heterocycles. The molecule has 0 amide bonds. The average molecular weight is 256 g/mol. The van der Waals surface area contributed by atoms with Crippen LogP contribution in [-0.2, 0) is 16.1 Å². The maximum atomic E-state index is 11.8. The summed E-state index contributed by atoms with van der Waals surface area (Å²) in [6.07, 6.45) is 4.34. The molecule has 0 saturated carbocycles. The van der Waals surface area contributed by atoms with E-state index in [-0.39, 0.29) is 11.5 Å². The van der Waals surface area contributed by atoms with Crippen molar-refractivity contribution >= 4 is 17.7 Å². The van der Waals surface area contributed by atoms with E-state index in [0.717, 1.165) is 0 Å². The van der Waals surface area contributed by atoms with Gasteiger partial charge in [0.15, 0.2) is 5.03 Å². The van der Waals surface area contributed by atoms with E-state index in [9.17, 15) is 9.59 Å². The van der Waals surface area contributed by atoms with E-state index < -0.39 is 0 Å². The molecule has 0 radical (unpaired) electrons. The fraction of sp³-hybridized carbons (Fsp3) is 0.545. The Labute approximate surface area is 104 Å². The number of ether oxygens (including phenoxy) is 1. The lowest BCUT2D eigenvalue weighted by atomic mass is 10.3. The Bertz CT molecular complexity index is 431. The average Bonchev–Trinajstić information content (AvgIpc) is 2.36. The van der Waals surface area contributed by atoms with Gasteiger partial charge in [-0.3, -0.25) is 9.59 Å². The van der Waals surface area contributed by atoms with Crippen LogP contribution in [-0.4, -0.2) is 28.4 Å². The van der Waals surface area contributed by atoms with Crippen LogP contribution in [0, 0.1) is 0 Å². The Kier molecular flexibility index (Phi) is 5.76. The molecule has 17 heavy (non-hydrogen) atoms. The molecule has 0 aromatic carbocycles. The summed E-state index contributed by atoms with van der Waals surface area (Å²) in [4.78, 5) is 26.7. The molecule has 0 saturated heterocycles. The molecule has 0 unspecified atom stereocenters. The van der Waals surface area contributed by atoms with Gasteiger partial charge in [-0.25, -0.2) is 4.98 Å². The number of methoxy groups -OCH3 is 1. The van der Waals surface area contributed by atoms with Gasteiger partial charge in [0.2, 0.25) is 0 Å². The number of thioether (sulfide) groups is 1. The van der Waals surface area contributed by atoms with Crippen LogP contribution in [0.5, 0.6) is 0 Å². The van der Waals surface area contributed by atoms with Crippen molar-refractivity contribution in [3.63, 3.8) is 0 Å². The van der Waals surface area contributed by atoms with Gasteiger partial charge in [0.25, 0.3) is 5.56 Å². The fourth-order valence-corrected chi connectivity index (χ4v) is 2.12. The van der Waals surface area contributed by atoms with Crippen molar-refractivity contribution < 1.29 is 9.53 Å². The van der Waals surface area contributed by atoms with E-state index in [1.807, 2.05) is 6.92 Å². The van der Waals surface area contributed by atoms with Gasteiger partial charge in [-0.05, 0) is 13.3 Å². The van der Waals surface area contributed by atoms with Crippen LogP contribution >= 0.6 is 11.8 Å². The molecule has 0 spiro atoms. The molecule has 94 valence electrons. The maximum absolute atomic E-state index is 11.8. The SMILES string of the molecule is CCn1ccnc(SCCCC(=O)OC)c1=O. The second kappa shape index (κ2) is 7.11. The lowest BCUT2D eigenvalue weighted by Crippen LogP contribution is -2.21. The summed E-state index contributed by atoms with van der Waals surface area (Å²) in [6, 6.07) is 0. The first-order valence-corrected chi connectivity index (χ1v) is 6.42. The summed E-state index contributed by atoms with van der Waals surface area (Å²) in [6.45, 7) is 2.55. The molecule has 0 aliphatic rings. The molecule has 1 heterocycles. The van der Waals surface area contributed by atoms with Crippen molar-refractivity contribution in [3.05, 3.63) is 22.7 Å². The van der Waals surface area contributed by atoms with Gasteiger partial charge in [-0.15, -0.1) is 11.8 Å². The van der Waals surface area contributed by atoms with Gasteiger partial charge >= 0.3 is 5.97 Å². The van der Waals surface area contributed by atoms with Crippen LogP contribution in [0.3, 0.4) is 0 Å². The normalized spacial score (nSPS) is 10.2. The lowest BCUT2D eigenvalue weighted by molar-refractivity contribution is -0.140. The van der Waals surface area contributed by atoms with Crippen LogP contribution in [0.1, 0.15) is 19.8 Å². The van der Waals surface area contributed by atoms with Crippen molar-refractivity contribution in [1.82, 2.24) is 9.55 Å². The fourth-order valence-electron chi connectivity index (χ4n) is 1.26. The number of hydrogen-bond donors (Lipinski definition) is 0. The van der Waals surface area contributed by atoms with Crippen molar-refractivity contribution in [2.45, 2.75) is 31.3 Å². The van der Waals surface area contributed by atoms with Crippen LogP contribution in [0.2, 0.25) is 0 Å². The quantitative estimate of drug-likeness (QED) is 0.436. The molecule has 0 bridgehead atoms. The van der Waals surface area contributed by atoms with Gasteiger partial charge < -0.3 is 9.30 Å². The Hall–Kier alpha value is -1.30. The predicted molar refractivity (Wildman–Crippen MR) is 66.1 cm³/mol. The molecule has 0 atom stereocenters. The van der Waals surface area contributed by atoms with E-state index in [0.29, 0.717) is 30.2 Å². The standard InChI is InChI=1S/C11H16N2O3S/c1-3-13-7-6-12-10(11(13)15)17-8-4-5-9(14)16-2/h6-7H,3-5,8H2,1-2H3. The summed E-state index contributed by atoms with van der Waals surface area (Å²) >= 11 is 1.38. The highest BCUT2D eigenvalue weighted by Crippen LogP contribution is 2.12. The number of nitrogens with zero attached hydrogens (tertiary/aromatic N) is 2. The molecule has 0 fully saturated rings. The summed E-state index contributed by atoms with van der Waals surface area (Å²) < 4.78 is 6.14. The number of hydrogen-bond acceptors (Lipinski definition) is 5. The Morgan fingerprint density at radius 3 is 3.00 bits per heavy atom. The zero-order valence-corrected chi connectivity index (χ0v) is 10.8. The van der Waals surface area contributed by atoms with Crippen molar-refractivity contribution in [1.29, 1.82) is 0 Å². The highest BCUT2D eigenvalue weighted by molar-refractivity contribution is 7.99. The minimum absolute atomic E-state index is 0.0712. The largest absolute Gasteiger partial charge is 0.469 e. The number of esters is 1. The predicted octanol–water partition coefficient (Wildman–Crippen LogP) is 1.31. The summed E-state index contributed by atoms with van der Waals surface area (Å²) in [7, 11) is 1.37. The Morgan fingerprint density at radius 2 is 2.35 bits per heavy atom. The van der Waals surface area contributed by atoms with Gasteiger partial charge in [0.1, 0.15) is 0 Å². The van der Waals surface area contributed by atoms with E-state index in [1.54, 1.807) is 17.0 Å². The number of aromatic nitrogens is 2. The van der Waals surface area contributed by atoms with Crippen LogP contribution in [0.15, 0.2) is 22.2 Å². The van der Waals surface area contributed by atoms with Crippen LogP contribution in [0.4, 0.5) is 0 Å². The smallest absolute Gasteiger partial charge is 0.305 e. The summed E-state index contributed by atoms with van der Waals surface area (Å²) in [5, 5.41) is 0.485. The minimum Gasteiger partial charge on any atom is -0.469 e. The summed E-state index contributed by atoms with van der Waals surface area (Å²) in [5.41, 5.74) is -0.0712. The highest BCUT2D eigenvalue weighted by Gasteiger charge is 2.05. The third-order valence-electron chi connectivity index (χ3n) is 2.21. The molecular weight excluding hydrogens is 240 g/mol. The third kappa shape index (κ3) is 4.22. The van der Waals surface area contributed by atoms with Crippen molar-refractivity contribution in [3.8, 4) is 0 Å². The number of carbonyl (C=O) groups is 1. The first-order valence-electron chi connectivity index (χ1n) is 5.44. The first kappa shape index (κ1) is 13.8. The molecule has 0 aliphatic carbocycles. The minimum atomic E-state index is -0.224. The maximum Gasteiger partial charge on any atom is 0.305 e. The van der Waals surface area contributed by atoms with Crippen molar-refractivity contribution in [2.75, 3.05) is 12.9 Å². The van der Waals surface area contributed by atoms with Gasteiger partial charge in [-0.2, -0.15) is 0 Å². The van der Waals surface area contributed by atoms with Crippen LogP contribution < -0.4 is 5.56 Å². The molecule has 1 aromatic heterocycles. The molecular formula is C11H16N2O3S. The van der Waals surface area contributed by atoms with E-state index >= 15 is 0 Å². The molecule has 1 rings (SSSR count). The van der Waals surface area contributed by atoms with E-state index in [4.69, 9.17) is 0 Å². The first-order chi connectivity index (χ1) is 8.19. The third-order valence-corrected chi connectivity index (χ3v) is 3.26. The number of rotatable bonds is 6. The second-order valence-corrected chi connectivity index (χ2v) is 4.44.